The quantitative estimate of drug-likeness (QED) is 0.825. The number of anilines is 1. The Kier molecular flexibility index (Phi) is 4.49. The number of hydrogen-bond donors (Lipinski definition) is 2. The zero-order valence-electron chi connectivity index (χ0n) is 10.6. The average Bonchev–Trinajstić information content (AvgIpc) is 2.24. The number of pyridine rings is 1. The van der Waals surface area contributed by atoms with Crippen LogP contribution in [0.1, 0.15) is 33.6 Å². The van der Waals surface area contributed by atoms with Crippen LogP contribution in [0.5, 0.6) is 0 Å². The van der Waals surface area contributed by atoms with Crippen molar-refractivity contribution in [2.45, 2.75) is 39.7 Å². The maximum absolute atomic E-state index is 11.1. The molecule has 0 aliphatic rings. The van der Waals surface area contributed by atoms with Crippen LogP contribution >= 0.6 is 0 Å². The van der Waals surface area contributed by atoms with Gasteiger partial charge in [0.05, 0.1) is 5.69 Å². The number of carboxylic acids is 1. The summed E-state index contributed by atoms with van der Waals surface area (Å²) in [4.78, 5) is 15.1. The van der Waals surface area contributed by atoms with Crippen LogP contribution in [0.25, 0.3) is 0 Å². The number of carboxylic acid groups (broad SMARTS) is 1. The van der Waals surface area contributed by atoms with Gasteiger partial charge in [-0.05, 0) is 30.4 Å². The Morgan fingerprint density at radius 3 is 2.71 bits per heavy atom. The molecule has 0 amide bonds. The van der Waals surface area contributed by atoms with E-state index < -0.39 is 12.0 Å². The lowest BCUT2D eigenvalue weighted by Crippen LogP contribution is -2.30. The summed E-state index contributed by atoms with van der Waals surface area (Å²) in [6.07, 6.45) is 4.76. The Hall–Kier alpha value is -1.58. The zero-order chi connectivity index (χ0) is 12.9. The molecule has 0 fully saturated rings. The van der Waals surface area contributed by atoms with Crippen molar-refractivity contribution in [3.63, 3.8) is 0 Å². The van der Waals surface area contributed by atoms with Gasteiger partial charge >= 0.3 is 5.97 Å². The van der Waals surface area contributed by atoms with Gasteiger partial charge in [0.2, 0.25) is 0 Å². The molecule has 0 unspecified atom stereocenters. The van der Waals surface area contributed by atoms with Crippen LogP contribution in [0.3, 0.4) is 0 Å². The van der Waals surface area contributed by atoms with Gasteiger partial charge in [0.15, 0.2) is 0 Å². The van der Waals surface area contributed by atoms with Crippen molar-refractivity contribution in [3.8, 4) is 0 Å². The van der Waals surface area contributed by atoms with E-state index >= 15 is 0 Å². The van der Waals surface area contributed by atoms with Crippen LogP contribution in [0.4, 0.5) is 5.69 Å². The summed E-state index contributed by atoms with van der Waals surface area (Å²) in [5.74, 6) is -0.821. The minimum Gasteiger partial charge on any atom is -0.480 e. The number of hydrogen-bond acceptors (Lipinski definition) is 3. The summed E-state index contributed by atoms with van der Waals surface area (Å²) in [6.45, 7) is 6.32. The van der Waals surface area contributed by atoms with E-state index in [2.05, 4.69) is 31.1 Å². The molecule has 0 bridgehead atoms. The van der Waals surface area contributed by atoms with Gasteiger partial charge in [0.1, 0.15) is 6.04 Å². The number of nitrogens with zero attached hydrogens (tertiary/aromatic N) is 1. The molecule has 0 saturated heterocycles. The average molecular weight is 236 g/mol. The maximum Gasteiger partial charge on any atom is 0.326 e. The van der Waals surface area contributed by atoms with Gasteiger partial charge < -0.3 is 10.4 Å². The summed E-state index contributed by atoms with van der Waals surface area (Å²) in [7, 11) is 0. The number of aromatic nitrogens is 1. The van der Waals surface area contributed by atoms with E-state index in [1.54, 1.807) is 18.5 Å². The van der Waals surface area contributed by atoms with Crippen molar-refractivity contribution in [3.05, 3.63) is 24.5 Å². The van der Waals surface area contributed by atoms with E-state index in [0.717, 1.165) is 12.1 Å². The second-order valence-corrected chi connectivity index (χ2v) is 5.38. The highest BCUT2D eigenvalue weighted by molar-refractivity contribution is 5.77. The molecule has 0 radical (unpaired) electrons. The van der Waals surface area contributed by atoms with E-state index in [4.69, 9.17) is 5.11 Å². The second-order valence-electron chi connectivity index (χ2n) is 5.38. The van der Waals surface area contributed by atoms with Crippen LogP contribution in [0.15, 0.2) is 24.5 Å². The van der Waals surface area contributed by atoms with Crippen LogP contribution in [-0.4, -0.2) is 22.1 Å². The fourth-order valence-corrected chi connectivity index (χ4v) is 1.48. The molecule has 0 saturated carbocycles. The molecule has 0 spiro atoms. The predicted octanol–water partition coefficient (Wildman–Crippen LogP) is 2.77. The Morgan fingerprint density at radius 1 is 1.53 bits per heavy atom. The molecule has 0 aromatic carbocycles. The first-order valence-corrected chi connectivity index (χ1v) is 5.78. The lowest BCUT2D eigenvalue weighted by Gasteiger charge is -2.22. The van der Waals surface area contributed by atoms with Crippen molar-refractivity contribution < 1.29 is 9.90 Å². The number of rotatable bonds is 5. The summed E-state index contributed by atoms with van der Waals surface area (Å²) < 4.78 is 0. The summed E-state index contributed by atoms with van der Waals surface area (Å²) in [5, 5.41) is 12.1. The third-order valence-electron chi connectivity index (χ3n) is 2.48. The molecule has 1 rings (SSSR count). The fraction of sp³-hybridized carbons (Fsp3) is 0.538. The Bertz CT molecular complexity index is 357. The smallest absolute Gasteiger partial charge is 0.326 e. The summed E-state index contributed by atoms with van der Waals surface area (Å²) >= 11 is 0. The maximum atomic E-state index is 11.1. The van der Waals surface area contributed by atoms with E-state index in [-0.39, 0.29) is 5.41 Å². The lowest BCUT2D eigenvalue weighted by molar-refractivity contribution is -0.138. The van der Waals surface area contributed by atoms with Gasteiger partial charge in [-0.2, -0.15) is 0 Å². The standard InChI is InChI=1S/C13H20N2O2/c1-13(2,3)7-6-11(12(16)17)15-10-5-4-8-14-9-10/h4-5,8-9,11,15H,6-7H2,1-3H3,(H,16,17)/t11-/m0/s1. The minimum atomic E-state index is -0.821. The minimum absolute atomic E-state index is 0.143. The summed E-state index contributed by atoms with van der Waals surface area (Å²) in [6, 6.07) is 3.05. The van der Waals surface area contributed by atoms with Gasteiger partial charge in [0.25, 0.3) is 0 Å². The molecule has 1 atom stereocenters. The van der Waals surface area contributed by atoms with Crippen molar-refractivity contribution in [1.29, 1.82) is 0 Å². The van der Waals surface area contributed by atoms with Crippen LogP contribution in [0.2, 0.25) is 0 Å². The molecule has 2 N–H and O–H groups in total. The van der Waals surface area contributed by atoms with E-state index in [1.165, 1.54) is 0 Å². The molecule has 0 aliphatic heterocycles. The highest BCUT2D eigenvalue weighted by Crippen LogP contribution is 2.22. The first kappa shape index (κ1) is 13.5. The molecule has 1 aromatic rings. The first-order valence-electron chi connectivity index (χ1n) is 5.78. The Labute approximate surface area is 102 Å². The highest BCUT2D eigenvalue weighted by atomic mass is 16.4. The van der Waals surface area contributed by atoms with E-state index in [0.29, 0.717) is 6.42 Å². The zero-order valence-corrected chi connectivity index (χ0v) is 10.6. The molecule has 0 aliphatic carbocycles. The molecule has 1 heterocycles. The largest absolute Gasteiger partial charge is 0.480 e. The normalized spacial score (nSPS) is 13.1. The Balaban J connectivity index is 2.59. The number of carbonyl (C=O) groups is 1. The molecule has 1 aromatic heterocycles. The number of nitrogens with one attached hydrogen (secondary N) is 1. The molecule has 17 heavy (non-hydrogen) atoms. The van der Waals surface area contributed by atoms with Gasteiger partial charge in [-0.15, -0.1) is 0 Å². The predicted molar refractivity (Wildman–Crippen MR) is 68.0 cm³/mol. The second kappa shape index (κ2) is 5.66. The summed E-state index contributed by atoms with van der Waals surface area (Å²) in [5.41, 5.74) is 0.887. The molecule has 4 heteroatoms. The van der Waals surface area contributed by atoms with Gasteiger partial charge in [0, 0.05) is 12.4 Å². The van der Waals surface area contributed by atoms with Crippen LogP contribution in [-0.2, 0) is 4.79 Å². The van der Waals surface area contributed by atoms with Crippen molar-refractivity contribution in [2.75, 3.05) is 5.32 Å². The monoisotopic (exact) mass is 236 g/mol. The van der Waals surface area contributed by atoms with E-state index in [1.807, 2.05) is 6.07 Å². The van der Waals surface area contributed by atoms with Crippen molar-refractivity contribution >= 4 is 11.7 Å². The van der Waals surface area contributed by atoms with Gasteiger partial charge in [-0.1, -0.05) is 20.8 Å². The van der Waals surface area contributed by atoms with Crippen LogP contribution in [0, 0.1) is 5.41 Å². The van der Waals surface area contributed by atoms with Crippen molar-refractivity contribution in [2.24, 2.45) is 5.41 Å². The van der Waals surface area contributed by atoms with Gasteiger partial charge in [-0.25, -0.2) is 4.79 Å². The molecular formula is C13H20N2O2. The third-order valence-corrected chi connectivity index (χ3v) is 2.48. The van der Waals surface area contributed by atoms with Gasteiger partial charge in [-0.3, -0.25) is 4.98 Å². The lowest BCUT2D eigenvalue weighted by atomic mass is 9.88. The van der Waals surface area contributed by atoms with Crippen LogP contribution < -0.4 is 5.32 Å². The first-order chi connectivity index (χ1) is 7.88. The number of aliphatic carboxylic acids is 1. The van der Waals surface area contributed by atoms with Crippen molar-refractivity contribution in [1.82, 2.24) is 4.98 Å². The molecule has 94 valence electrons. The fourth-order valence-electron chi connectivity index (χ4n) is 1.48. The third kappa shape index (κ3) is 5.33. The Morgan fingerprint density at radius 2 is 2.24 bits per heavy atom. The van der Waals surface area contributed by atoms with E-state index in [9.17, 15) is 4.79 Å². The SMILES string of the molecule is CC(C)(C)CC[C@H](Nc1cccnc1)C(=O)O. The molecule has 4 nitrogen and oxygen atoms in total. The molecular weight excluding hydrogens is 216 g/mol. The highest BCUT2D eigenvalue weighted by Gasteiger charge is 2.20. The topological polar surface area (TPSA) is 62.2 Å².